The topological polar surface area (TPSA) is 21.3 Å². The average molecular weight is 348 g/mol. The van der Waals surface area contributed by atoms with E-state index in [-0.39, 0.29) is 5.75 Å². The third-order valence-corrected chi connectivity index (χ3v) is 4.38. The molecule has 0 radical (unpaired) electrons. The minimum absolute atomic E-state index is 0.180. The van der Waals surface area contributed by atoms with Gasteiger partial charge < -0.3 is 10.1 Å². The highest BCUT2D eigenvalue weighted by molar-refractivity contribution is 9.10. The van der Waals surface area contributed by atoms with E-state index in [4.69, 9.17) is 0 Å². The first-order chi connectivity index (χ1) is 9.15. The summed E-state index contributed by atoms with van der Waals surface area (Å²) in [4.78, 5) is 1.23. The number of rotatable bonds is 6. The summed E-state index contributed by atoms with van der Waals surface area (Å²) in [6.07, 6.45) is 0. The van der Waals surface area contributed by atoms with Gasteiger partial charge in [-0.15, -0.1) is 11.3 Å². The fourth-order valence-electron chi connectivity index (χ4n) is 1.56. The number of halogens is 3. The van der Waals surface area contributed by atoms with Crippen molar-refractivity contribution in [3.63, 3.8) is 0 Å². The van der Waals surface area contributed by atoms with Crippen LogP contribution in [0.15, 0.2) is 40.2 Å². The van der Waals surface area contributed by atoms with Crippen LogP contribution in [0.2, 0.25) is 0 Å². The van der Waals surface area contributed by atoms with Gasteiger partial charge >= 0.3 is 6.61 Å². The third-order valence-electron chi connectivity index (χ3n) is 2.45. The minimum Gasteiger partial charge on any atom is -0.435 e. The standard InChI is InChI=1S/C13H12BrF2NOS/c14-11-5-6-19-12(11)8-17-7-9-1-3-10(4-2-9)18-13(15)16/h1-6,13,17H,7-8H2. The molecule has 0 atom stereocenters. The van der Waals surface area contributed by atoms with Crippen molar-refractivity contribution in [2.75, 3.05) is 0 Å². The predicted molar refractivity (Wildman–Crippen MR) is 75.6 cm³/mol. The molecule has 1 aromatic carbocycles. The fraction of sp³-hybridized carbons (Fsp3) is 0.231. The van der Waals surface area contributed by atoms with Gasteiger partial charge in [0.15, 0.2) is 0 Å². The quantitative estimate of drug-likeness (QED) is 0.835. The molecule has 1 aromatic heterocycles. The summed E-state index contributed by atoms with van der Waals surface area (Å²) >= 11 is 5.15. The lowest BCUT2D eigenvalue weighted by molar-refractivity contribution is -0.0498. The Labute approximate surface area is 122 Å². The molecule has 0 unspecified atom stereocenters. The van der Waals surface area contributed by atoms with Crippen molar-refractivity contribution in [1.29, 1.82) is 0 Å². The van der Waals surface area contributed by atoms with Crippen molar-refractivity contribution in [1.82, 2.24) is 5.32 Å². The predicted octanol–water partition coefficient (Wildman–Crippen LogP) is 4.40. The molecule has 6 heteroatoms. The zero-order valence-corrected chi connectivity index (χ0v) is 12.3. The Bertz CT molecular complexity index is 516. The molecular weight excluding hydrogens is 336 g/mol. The maximum Gasteiger partial charge on any atom is 0.387 e. The van der Waals surface area contributed by atoms with Crippen LogP contribution in [0.4, 0.5) is 8.78 Å². The van der Waals surface area contributed by atoms with Gasteiger partial charge in [-0.2, -0.15) is 8.78 Å². The van der Waals surface area contributed by atoms with E-state index < -0.39 is 6.61 Å². The molecule has 2 nitrogen and oxygen atoms in total. The Hall–Kier alpha value is -0.980. The van der Waals surface area contributed by atoms with Crippen LogP contribution in [0.5, 0.6) is 5.75 Å². The van der Waals surface area contributed by atoms with Gasteiger partial charge in [0.05, 0.1) is 0 Å². The molecule has 1 N–H and O–H groups in total. The van der Waals surface area contributed by atoms with E-state index in [1.165, 1.54) is 4.88 Å². The Kier molecular flexibility index (Phi) is 5.30. The van der Waals surface area contributed by atoms with E-state index in [1.54, 1.807) is 35.6 Å². The number of nitrogens with one attached hydrogen (secondary N) is 1. The molecule has 0 aliphatic carbocycles. The van der Waals surface area contributed by atoms with Crippen molar-refractivity contribution < 1.29 is 13.5 Å². The van der Waals surface area contributed by atoms with Crippen LogP contribution in [0.1, 0.15) is 10.4 Å². The Morgan fingerprint density at radius 3 is 2.47 bits per heavy atom. The van der Waals surface area contributed by atoms with E-state index in [0.29, 0.717) is 6.54 Å². The third kappa shape index (κ3) is 4.56. The first kappa shape index (κ1) is 14.4. The van der Waals surface area contributed by atoms with Crippen LogP contribution in [-0.2, 0) is 13.1 Å². The van der Waals surface area contributed by atoms with Gasteiger partial charge in [0.25, 0.3) is 0 Å². The van der Waals surface area contributed by atoms with Gasteiger partial charge in [-0.25, -0.2) is 0 Å². The summed E-state index contributed by atoms with van der Waals surface area (Å²) in [6.45, 7) is -1.33. The van der Waals surface area contributed by atoms with Crippen LogP contribution in [0, 0.1) is 0 Å². The van der Waals surface area contributed by atoms with Crippen LogP contribution < -0.4 is 10.1 Å². The fourth-order valence-corrected chi connectivity index (χ4v) is 3.02. The molecule has 2 aromatic rings. The molecule has 0 saturated heterocycles. The van der Waals surface area contributed by atoms with E-state index >= 15 is 0 Å². The Morgan fingerprint density at radius 2 is 1.89 bits per heavy atom. The molecular formula is C13H12BrF2NOS. The van der Waals surface area contributed by atoms with Gasteiger partial charge in [0, 0.05) is 22.4 Å². The summed E-state index contributed by atoms with van der Waals surface area (Å²) in [5, 5.41) is 5.32. The van der Waals surface area contributed by atoms with Gasteiger partial charge in [0.1, 0.15) is 5.75 Å². The maximum absolute atomic E-state index is 12.0. The smallest absolute Gasteiger partial charge is 0.387 e. The number of alkyl halides is 2. The van der Waals surface area contributed by atoms with Crippen LogP contribution in [0.3, 0.4) is 0 Å². The van der Waals surface area contributed by atoms with E-state index in [1.807, 2.05) is 11.4 Å². The lowest BCUT2D eigenvalue weighted by atomic mass is 10.2. The van der Waals surface area contributed by atoms with Crippen molar-refractivity contribution in [2.24, 2.45) is 0 Å². The zero-order chi connectivity index (χ0) is 13.7. The van der Waals surface area contributed by atoms with E-state index in [9.17, 15) is 8.78 Å². The molecule has 19 heavy (non-hydrogen) atoms. The molecule has 0 amide bonds. The highest BCUT2D eigenvalue weighted by Gasteiger charge is 2.04. The molecule has 0 aliphatic rings. The molecule has 2 rings (SSSR count). The zero-order valence-electron chi connectivity index (χ0n) is 9.91. The van der Waals surface area contributed by atoms with E-state index in [2.05, 4.69) is 26.0 Å². The summed E-state index contributed by atoms with van der Waals surface area (Å²) in [5.41, 5.74) is 1.02. The Balaban J connectivity index is 1.81. The normalized spacial score (nSPS) is 10.9. The summed E-state index contributed by atoms with van der Waals surface area (Å²) in [7, 11) is 0. The van der Waals surface area contributed by atoms with E-state index in [0.717, 1.165) is 16.6 Å². The van der Waals surface area contributed by atoms with Gasteiger partial charge in [0.2, 0.25) is 0 Å². The van der Waals surface area contributed by atoms with Crippen LogP contribution in [-0.4, -0.2) is 6.61 Å². The summed E-state index contributed by atoms with van der Waals surface area (Å²) in [5.74, 6) is 0.180. The lowest BCUT2D eigenvalue weighted by Gasteiger charge is -2.07. The van der Waals surface area contributed by atoms with Crippen molar-refractivity contribution in [2.45, 2.75) is 19.7 Å². The number of hydrogen-bond donors (Lipinski definition) is 1. The van der Waals surface area contributed by atoms with Gasteiger partial charge in [-0.3, -0.25) is 0 Å². The first-order valence-electron chi connectivity index (χ1n) is 5.61. The maximum atomic E-state index is 12.0. The Morgan fingerprint density at radius 1 is 1.16 bits per heavy atom. The van der Waals surface area contributed by atoms with Gasteiger partial charge in [-0.05, 0) is 45.1 Å². The molecule has 1 heterocycles. The monoisotopic (exact) mass is 347 g/mol. The van der Waals surface area contributed by atoms with Crippen LogP contribution >= 0.6 is 27.3 Å². The van der Waals surface area contributed by atoms with Crippen molar-refractivity contribution in [3.05, 3.63) is 50.6 Å². The second-order valence-electron chi connectivity index (χ2n) is 3.82. The second kappa shape index (κ2) is 6.98. The SMILES string of the molecule is FC(F)Oc1ccc(CNCc2sccc2Br)cc1. The number of benzene rings is 1. The van der Waals surface area contributed by atoms with Crippen LogP contribution in [0.25, 0.3) is 0 Å². The molecule has 0 spiro atoms. The number of ether oxygens (including phenoxy) is 1. The highest BCUT2D eigenvalue weighted by atomic mass is 79.9. The molecule has 0 saturated carbocycles. The highest BCUT2D eigenvalue weighted by Crippen LogP contribution is 2.22. The number of thiophene rings is 1. The van der Waals surface area contributed by atoms with Gasteiger partial charge in [-0.1, -0.05) is 12.1 Å². The molecule has 0 fully saturated rings. The molecule has 0 bridgehead atoms. The summed E-state index contributed by atoms with van der Waals surface area (Å²) in [6, 6.07) is 8.65. The van der Waals surface area contributed by atoms with Crippen molar-refractivity contribution in [3.8, 4) is 5.75 Å². The van der Waals surface area contributed by atoms with Crippen molar-refractivity contribution >= 4 is 27.3 Å². The first-order valence-corrected chi connectivity index (χ1v) is 7.29. The average Bonchev–Trinajstić information content (AvgIpc) is 2.77. The second-order valence-corrected chi connectivity index (χ2v) is 5.67. The summed E-state index contributed by atoms with van der Waals surface area (Å²) < 4.78 is 29.4. The molecule has 102 valence electrons. The molecule has 0 aliphatic heterocycles. The largest absolute Gasteiger partial charge is 0.435 e. The number of hydrogen-bond acceptors (Lipinski definition) is 3. The lowest BCUT2D eigenvalue weighted by Crippen LogP contribution is -2.12. The minimum atomic E-state index is -2.78.